The van der Waals surface area contributed by atoms with Gasteiger partial charge in [-0.05, 0) is 66.6 Å². The van der Waals surface area contributed by atoms with Crippen molar-refractivity contribution in [1.29, 1.82) is 0 Å². The first kappa shape index (κ1) is 45.8. The molecule has 0 unspecified atom stereocenters. The Kier molecular flexibility index (Phi) is 40.0. The van der Waals surface area contributed by atoms with Crippen molar-refractivity contribution < 1.29 is 18.9 Å². The lowest BCUT2D eigenvalue weighted by Crippen LogP contribution is -2.07. The monoisotopic (exact) mass is 563 g/mol. The topological polar surface area (TPSA) is 36.9 Å². The lowest BCUT2D eigenvalue weighted by Gasteiger charge is -2.07. The van der Waals surface area contributed by atoms with Crippen LogP contribution in [0, 0.1) is 47.3 Å². The minimum atomic E-state index is 0.670. The molecule has 39 heavy (non-hydrogen) atoms. The highest BCUT2D eigenvalue weighted by atomic mass is 16.5. The Morgan fingerprint density at radius 2 is 0.462 bits per heavy atom. The quantitative estimate of drug-likeness (QED) is 0.147. The van der Waals surface area contributed by atoms with Crippen LogP contribution in [0.2, 0.25) is 0 Å². The van der Waals surface area contributed by atoms with Crippen LogP contribution in [0.4, 0.5) is 0 Å². The second-order valence-electron chi connectivity index (χ2n) is 14.3. The molecule has 0 saturated carbocycles. The SMILES string of the molecule is CC(C)CCOCC(C)C.CC(C)CCOCCC(C)C.CC(C)COCC(C)C.CC(C)COCC(C)C. The van der Waals surface area contributed by atoms with Gasteiger partial charge in [0.25, 0.3) is 0 Å². The predicted octanol–water partition coefficient (Wildman–Crippen LogP) is 10.4. The molecule has 0 fully saturated rings. The van der Waals surface area contributed by atoms with E-state index in [1.54, 1.807) is 0 Å². The molecule has 242 valence electrons. The van der Waals surface area contributed by atoms with Gasteiger partial charge in [-0.15, -0.1) is 0 Å². The van der Waals surface area contributed by atoms with Crippen LogP contribution in [0.5, 0.6) is 0 Å². The standard InChI is InChI=1S/C10H22O.C9H20O.2C8H18O/c1-9(2)5-7-11-8-6-10(3)4;1-8(2)5-6-10-7-9(3)4;2*1-7(2)5-9-6-8(3)4/h9-10H,5-8H2,1-4H3;8-9H,5-7H2,1-4H3;2*7-8H,5-6H2,1-4H3. The maximum atomic E-state index is 5.46. The van der Waals surface area contributed by atoms with Crippen molar-refractivity contribution in [2.75, 3.05) is 52.9 Å². The molecular formula is C35H78O4. The molecule has 0 aliphatic carbocycles. The van der Waals surface area contributed by atoms with E-state index in [1.807, 2.05) is 0 Å². The van der Waals surface area contributed by atoms with Gasteiger partial charge < -0.3 is 18.9 Å². The Bertz CT molecular complexity index is 361. The fourth-order valence-corrected chi connectivity index (χ4v) is 2.46. The summed E-state index contributed by atoms with van der Waals surface area (Å²) in [5.41, 5.74) is 0. The van der Waals surface area contributed by atoms with Gasteiger partial charge in [-0.1, -0.05) is 111 Å². The van der Waals surface area contributed by atoms with Gasteiger partial charge >= 0.3 is 0 Å². The Morgan fingerprint density at radius 3 is 0.667 bits per heavy atom. The third-order valence-electron chi connectivity index (χ3n) is 4.77. The molecule has 0 amide bonds. The largest absolute Gasteiger partial charge is 0.381 e. The summed E-state index contributed by atoms with van der Waals surface area (Å²) in [5.74, 6) is 5.67. The van der Waals surface area contributed by atoms with Crippen molar-refractivity contribution in [3.63, 3.8) is 0 Å². The lowest BCUT2D eigenvalue weighted by atomic mass is 10.1. The molecule has 4 nitrogen and oxygen atoms in total. The maximum Gasteiger partial charge on any atom is 0.0489 e. The van der Waals surface area contributed by atoms with E-state index >= 15 is 0 Å². The average Bonchev–Trinajstić information content (AvgIpc) is 2.76. The zero-order valence-electron chi connectivity index (χ0n) is 30.0. The van der Waals surface area contributed by atoms with Crippen LogP contribution in [-0.2, 0) is 18.9 Å². The molecule has 0 aliphatic rings. The number of hydrogen-bond donors (Lipinski definition) is 0. The van der Waals surface area contributed by atoms with Crippen molar-refractivity contribution in [2.45, 2.75) is 130 Å². The molecule has 0 spiro atoms. The molecule has 0 atom stereocenters. The molecule has 0 aromatic carbocycles. The smallest absolute Gasteiger partial charge is 0.0489 e. The van der Waals surface area contributed by atoms with E-state index < -0.39 is 0 Å². The maximum absolute atomic E-state index is 5.46. The fourth-order valence-electron chi connectivity index (χ4n) is 2.46. The summed E-state index contributed by atoms with van der Waals surface area (Å²) in [7, 11) is 0. The highest BCUT2D eigenvalue weighted by Gasteiger charge is 1.98. The van der Waals surface area contributed by atoms with Crippen LogP contribution in [0.1, 0.15) is 130 Å². The van der Waals surface area contributed by atoms with Gasteiger partial charge in [0, 0.05) is 52.9 Å². The van der Waals surface area contributed by atoms with E-state index in [9.17, 15) is 0 Å². The van der Waals surface area contributed by atoms with E-state index in [-0.39, 0.29) is 0 Å². The van der Waals surface area contributed by atoms with Gasteiger partial charge in [0.05, 0.1) is 0 Å². The van der Waals surface area contributed by atoms with Crippen LogP contribution < -0.4 is 0 Å². The molecule has 4 heteroatoms. The van der Waals surface area contributed by atoms with E-state index in [0.29, 0.717) is 29.6 Å². The zero-order valence-corrected chi connectivity index (χ0v) is 30.0. The highest BCUT2D eigenvalue weighted by molar-refractivity contribution is 4.46. The summed E-state index contributed by atoms with van der Waals surface area (Å²) < 4.78 is 21.6. The molecular weight excluding hydrogens is 484 g/mol. The normalized spacial score (nSPS) is 11.4. The second kappa shape index (κ2) is 34.0. The summed E-state index contributed by atoms with van der Waals surface area (Å²) in [6, 6.07) is 0. The first-order chi connectivity index (χ1) is 18.0. The number of hydrogen-bond acceptors (Lipinski definition) is 4. The van der Waals surface area contributed by atoms with Crippen molar-refractivity contribution in [1.82, 2.24) is 0 Å². The van der Waals surface area contributed by atoms with Crippen LogP contribution in [0.25, 0.3) is 0 Å². The minimum Gasteiger partial charge on any atom is -0.381 e. The lowest BCUT2D eigenvalue weighted by molar-refractivity contribution is 0.0886. The van der Waals surface area contributed by atoms with Crippen LogP contribution >= 0.6 is 0 Å². The third kappa shape index (κ3) is 67.5. The first-order valence-corrected chi connectivity index (χ1v) is 16.3. The van der Waals surface area contributed by atoms with Crippen LogP contribution in [0.3, 0.4) is 0 Å². The second-order valence-corrected chi connectivity index (χ2v) is 14.3. The molecule has 0 saturated heterocycles. The van der Waals surface area contributed by atoms with Gasteiger partial charge in [0.15, 0.2) is 0 Å². The third-order valence-corrected chi connectivity index (χ3v) is 4.77. The van der Waals surface area contributed by atoms with Gasteiger partial charge in [-0.25, -0.2) is 0 Å². The summed E-state index contributed by atoms with van der Waals surface area (Å²) in [4.78, 5) is 0. The molecule has 0 radical (unpaired) electrons. The Morgan fingerprint density at radius 1 is 0.256 bits per heavy atom. The van der Waals surface area contributed by atoms with Crippen molar-refractivity contribution in [3.8, 4) is 0 Å². The van der Waals surface area contributed by atoms with Gasteiger partial charge in [0.1, 0.15) is 0 Å². The van der Waals surface area contributed by atoms with E-state index in [1.165, 1.54) is 19.3 Å². The van der Waals surface area contributed by atoms with Gasteiger partial charge in [-0.2, -0.15) is 0 Å². The fraction of sp³-hybridized carbons (Fsp3) is 1.00. The zero-order chi connectivity index (χ0) is 31.2. The average molecular weight is 563 g/mol. The first-order valence-electron chi connectivity index (χ1n) is 16.3. The molecule has 0 aliphatic heterocycles. The summed E-state index contributed by atoms with van der Waals surface area (Å²) >= 11 is 0. The summed E-state index contributed by atoms with van der Waals surface area (Å²) in [6.45, 7) is 42.4. The van der Waals surface area contributed by atoms with Crippen molar-refractivity contribution in [2.24, 2.45) is 47.3 Å². The van der Waals surface area contributed by atoms with E-state index in [2.05, 4.69) is 111 Å². The highest BCUT2D eigenvalue weighted by Crippen LogP contribution is 2.03. The molecule has 0 heterocycles. The minimum absolute atomic E-state index is 0.670. The predicted molar refractivity (Wildman–Crippen MR) is 176 cm³/mol. The van der Waals surface area contributed by atoms with E-state index in [4.69, 9.17) is 18.9 Å². The Balaban J connectivity index is -0.000000210. The molecule has 0 bridgehead atoms. The number of ether oxygens (including phenoxy) is 4. The molecule has 0 N–H and O–H groups in total. The van der Waals surface area contributed by atoms with Crippen LogP contribution in [0.15, 0.2) is 0 Å². The van der Waals surface area contributed by atoms with E-state index in [0.717, 1.165) is 70.6 Å². The molecule has 0 rings (SSSR count). The van der Waals surface area contributed by atoms with Gasteiger partial charge in [0.2, 0.25) is 0 Å². The Labute approximate surface area is 249 Å². The van der Waals surface area contributed by atoms with Crippen molar-refractivity contribution in [3.05, 3.63) is 0 Å². The summed E-state index contributed by atoms with van der Waals surface area (Å²) in [5, 5.41) is 0. The van der Waals surface area contributed by atoms with Gasteiger partial charge in [-0.3, -0.25) is 0 Å². The number of rotatable bonds is 19. The van der Waals surface area contributed by atoms with Crippen molar-refractivity contribution >= 4 is 0 Å². The summed E-state index contributed by atoms with van der Waals surface area (Å²) in [6.07, 6.45) is 3.57. The van der Waals surface area contributed by atoms with Crippen LogP contribution in [-0.4, -0.2) is 52.9 Å². The molecule has 0 aromatic heterocycles. The molecule has 0 aromatic rings. The Hall–Kier alpha value is -0.160.